The van der Waals surface area contributed by atoms with E-state index in [1.54, 1.807) is 6.07 Å². The van der Waals surface area contributed by atoms with Gasteiger partial charge in [0.1, 0.15) is 10.8 Å². The number of nitrogens with zero attached hydrogens (tertiary/aromatic N) is 3. The Morgan fingerprint density at radius 1 is 1.15 bits per heavy atom. The number of thiazole rings is 1. The van der Waals surface area contributed by atoms with Crippen LogP contribution in [0.2, 0.25) is 0 Å². The van der Waals surface area contributed by atoms with Gasteiger partial charge in [-0.2, -0.15) is 0 Å². The third kappa shape index (κ3) is 3.19. The fraction of sp³-hybridized carbons (Fsp3) is 0.250. The topological polar surface area (TPSA) is 55.2 Å². The Kier molecular flexibility index (Phi) is 4.39. The number of halogens is 1. The van der Waals surface area contributed by atoms with Crippen LogP contribution in [0.15, 0.2) is 35.7 Å². The van der Waals surface area contributed by atoms with Crippen molar-refractivity contribution in [2.75, 3.05) is 0 Å². The van der Waals surface area contributed by atoms with E-state index in [0.717, 1.165) is 33.3 Å². The van der Waals surface area contributed by atoms with Gasteiger partial charge in [-0.05, 0) is 38.1 Å². The highest BCUT2D eigenvalue weighted by atomic mass is 32.1. The molecule has 3 aromatic rings. The number of rotatable bonds is 4. The minimum absolute atomic E-state index is 0.138. The Morgan fingerprint density at radius 2 is 1.89 bits per heavy atom. The fourth-order valence-corrected chi connectivity index (χ4v) is 4.26. The number of imide groups is 1. The Hall–Kier alpha value is -2.80. The van der Waals surface area contributed by atoms with Gasteiger partial charge in [-0.3, -0.25) is 14.5 Å². The number of carbonyl (C=O) groups is 2. The molecule has 27 heavy (non-hydrogen) atoms. The molecule has 0 atom stereocenters. The van der Waals surface area contributed by atoms with E-state index in [0.29, 0.717) is 0 Å². The van der Waals surface area contributed by atoms with Gasteiger partial charge < -0.3 is 4.57 Å². The lowest BCUT2D eigenvalue weighted by Crippen LogP contribution is -2.28. The predicted octanol–water partition coefficient (Wildman–Crippen LogP) is 4.01. The van der Waals surface area contributed by atoms with Crippen LogP contribution in [0.25, 0.3) is 16.9 Å². The minimum atomic E-state index is -0.280. The molecule has 2 amide bonds. The average Bonchev–Trinajstić information content (AvgIpc) is 3.29. The number of aryl methyl sites for hydroxylation is 1. The Morgan fingerprint density at radius 3 is 2.59 bits per heavy atom. The summed E-state index contributed by atoms with van der Waals surface area (Å²) in [5.41, 5.74) is 4.46. The van der Waals surface area contributed by atoms with Gasteiger partial charge in [0.05, 0.1) is 12.2 Å². The van der Waals surface area contributed by atoms with Gasteiger partial charge >= 0.3 is 0 Å². The molecule has 0 spiro atoms. The third-order valence-corrected chi connectivity index (χ3v) is 5.61. The van der Waals surface area contributed by atoms with Crippen molar-refractivity contribution < 1.29 is 14.0 Å². The SMILES string of the molecule is Cc1cc(-c2csc(CN3C(=O)CCC3=O)n2)c(C)n1-c1cccc(F)c1. The van der Waals surface area contributed by atoms with E-state index in [9.17, 15) is 14.0 Å². The minimum Gasteiger partial charge on any atom is -0.318 e. The van der Waals surface area contributed by atoms with Crippen molar-refractivity contribution in [1.29, 1.82) is 0 Å². The summed E-state index contributed by atoms with van der Waals surface area (Å²) in [7, 11) is 0. The van der Waals surface area contributed by atoms with Gasteiger partial charge in [0.15, 0.2) is 0 Å². The lowest BCUT2D eigenvalue weighted by Gasteiger charge is -2.11. The lowest BCUT2D eigenvalue weighted by atomic mass is 10.2. The van der Waals surface area contributed by atoms with E-state index >= 15 is 0 Å². The first-order valence-electron chi connectivity index (χ1n) is 8.67. The molecule has 1 fully saturated rings. The standard InChI is InChI=1S/C20H18FN3O2S/c1-12-8-16(13(2)24(12)15-5-3-4-14(21)9-15)17-11-27-18(22-17)10-23-19(25)6-7-20(23)26/h3-5,8-9,11H,6-7,10H2,1-2H3. The van der Waals surface area contributed by atoms with Gasteiger partial charge in [-0.15, -0.1) is 11.3 Å². The van der Waals surface area contributed by atoms with E-state index in [1.807, 2.05) is 35.9 Å². The van der Waals surface area contributed by atoms with Crippen LogP contribution in [0.5, 0.6) is 0 Å². The lowest BCUT2D eigenvalue weighted by molar-refractivity contribution is -0.139. The molecule has 0 aliphatic carbocycles. The van der Waals surface area contributed by atoms with Crippen LogP contribution in [0.1, 0.15) is 29.2 Å². The summed E-state index contributed by atoms with van der Waals surface area (Å²) < 4.78 is 15.6. The Bertz CT molecular complexity index is 1040. The van der Waals surface area contributed by atoms with E-state index in [4.69, 9.17) is 0 Å². The summed E-state index contributed by atoms with van der Waals surface area (Å²) in [6, 6.07) is 8.50. The van der Waals surface area contributed by atoms with Gasteiger partial charge in [0.2, 0.25) is 11.8 Å². The van der Waals surface area contributed by atoms with Gasteiger partial charge in [-0.25, -0.2) is 9.37 Å². The number of aromatic nitrogens is 2. The number of amides is 2. The second kappa shape index (κ2) is 6.74. The van der Waals surface area contributed by atoms with Crippen molar-refractivity contribution in [3.63, 3.8) is 0 Å². The summed E-state index contributed by atoms with van der Waals surface area (Å²) >= 11 is 1.43. The zero-order valence-corrected chi connectivity index (χ0v) is 15.8. The van der Waals surface area contributed by atoms with Crippen molar-refractivity contribution in [3.05, 3.63) is 57.9 Å². The van der Waals surface area contributed by atoms with Crippen molar-refractivity contribution in [1.82, 2.24) is 14.5 Å². The molecule has 1 aliphatic heterocycles. The molecule has 0 N–H and O–H groups in total. The largest absolute Gasteiger partial charge is 0.318 e. The maximum atomic E-state index is 13.6. The van der Waals surface area contributed by atoms with Crippen LogP contribution < -0.4 is 0 Å². The molecule has 5 nitrogen and oxygen atoms in total. The summed E-state index contributed by atoms with van der Waals surface area (Å²) in [5.74, 6) is -0.556. The van der Waals surface area contributed by atoms with Gasteiger partial charge in [-0.1, -0.05) is 6.07 Å². The highest BCUT2D eigenvalue weighted by molar-refractivity contribution is 7.09. The molecule has 0 bridgehead atoms. The first-order chi connectivity index (χ1) is 12.9. The van der Waals surface area contributed by atoms with Crippen LogP contribution in [0.4, 0.5) is 4.39 Å². The predicted molar refractivity (Wildman–Crippen MR) is 101 cm³/mol. The molecule has 1 aliphatic rings. The molecule has 7 heteroatoms. The van der Waals surface area contributed by atoms with E-state index in [2.05, 4.69) is 4.98 Å². The molecule has 3 heterocycles. The molecule has 1 aromatic carbocycles. The number of likely N-dealkylation sites (tertiary alicyclic amines) is 1. The number of hydrogen-bond acceptors (Lipinski definition) is 4. The number of benzene rings is 1. The zero-order valence-electron chi connectivity index (χ0n) is 15.0. The van der Waals surface area contributed by atoms with Crippen molar-refractivity contribution in [2.45, 2.75) is 33.2 Å². The second-order valence-electron chi connectivity index (χ2n) is 6.60. The quantitative estimate of drug-likeness (QED) is 0.640. The summed E-state index contributed by atoms with van der Waals surface area (Å²) in [6.45, 7) is 4.17. The summed E-state index contributed by atoms with van der Waals surface area (Å²) in [6.07, 6.45) is 0.567. The number of hydrogen-bond donors (Lipinski definition) is 0. The van der Waals surface area contributed by atoms with Crippen LogP contribution in [-0.4, -0.2) is 26.3 Å². The van der Waals surface area contributed by atoms with Crippen LogP contribution in [0.3, 0.4) is 0 Å². The molecule has 0 unspecified atom stereocenters. The fourth-order valence-electron chi connectivity index (χ4n) is 3.48. The highest BCUT2D eigenvalue weighted by Gasteiger charge is 2.29. The van der Waals surface area contributed by atoms with Crippen LogP contribution in [0, 0.1) is 19.7 Å². The van der Waals surface area contributed by atoms with Crippen molar-refractivity contribution in [2.24, 2.45) is 0 Å². The normalized spacial score (nSPS) is 14.4. The molecule has 4 rings (SSSR count). The molecule has 0 saturated carbocycles. The van der Waals surface area contributed by atoms with Crippen LogP contribution >= 0.6 is 11.3 Å². The average molecular weight is 383 g/mol. The number of carbonyl (C=O) groups excluding carboxylic acids is 2. The molecular formula is C20H18FN3O2S. The van der Waals surface area contributed by atoms with Crippen LogP contribution in [-0.2, 0) is 16.1 Å². The van der Waals surface area contributed by atoms with E-state index < -0.39 is 0 Å². The molecule has 138 valence electrons. The van der Waals surface area contributed by atoms with Gasteiger partial charge in [0, 0.05) is 40.9 Å². The first kappa shape index (κ1) is 17.6. The maximum Gasteiger partial charge on any atom is 0.230 e. The summed E-state index contributed by atoms with van der Waals surface area (Å²) in [5, 5.41) is 2.65. The van der Waals surface area contributed by atoms with E-state index in [1.165, 1.54) is 28.4 Å². The smallest absolute Gasteiger partial charge is 0.230 e. The van der Waals surface area contributed by atoms with Crippen molar-refractivity contribution >= 4 is 23.2 Å². The highest BCUT2D eigenvalue weighted by Crippen LogP contribution is 2.31. The third-order valence-electron chi connectivity index (χ3n) is 4.77. The molecule has 2 aromatic heterocycles. The molecule has 1 saturated heterocycles. The van der Waals surface area contributed by atoms with E-state index in [-0.39, 0.29) is 37.0 Å². The summed E-state index contributed by atoms with van der Waals surface area (Å²) in [4.78, 5) is 29.5. The first-order valence-corrected chi connectivity index (χ1v) is 9.55. The maximum absolute atomic E-state index is 13.6. The molecule has 0 radical (unpaired) electrons. The second-order valence-corrected chi connectivity index (χ2v) is 7.54. The van der Waals surface area contributed by atoms with Gasteiger partial charge in [0.25, 0.3) is 0 Å². The zero-order chi connectivity index (χ0) is 19.1. The molecular weight excluding hydrogens is 365 g/mol. The monoisotopic (exact) mass is 383 g/mol. The Labute approximate surface area is 160 Å². The van der Waals surface area contributed by atoms with Crippen molar-refractivity contribution in [3.8, 4) is 16.9 Å². The Balaban J connectivity index is 1.65.